The highest BCUT2D eigenvalue weighted by molar-refractivity contribution is 5.86. The third-order valence-corrected chi connectivity index (χ3v) is 17.5. The summed E-state index contributed by atoms with van der Waals surface area (Å²) >= 11 is 0. The predicted octanol–water partition coefficient (Wildman–Crippen LogP) is 17.6. The molecule has 0 radical (unpaired) electrons. The number of benzene rings is 7. The van der Waals surface area contributed by atoms with Crippen LogP contribution >= 0.6 is 0 Å². The lowest BCUT2D eigenvalue weighted by Crippen LogP contribution is -2.42. The molecule has 358 valence electrons. The van der Waals surface area contributed by atoms with E-state index in [1.165, 1.54) is 80.9 Å². The van der Waals surface area contributed by atoms with Crippen molar-refractivity contribution in [2.24, 2.45) is 35.5 Å². The van der Waals surface area contributed by atoms with Crippen molar-refractivity contribution in [3.05, 3.63) is 187 Å². The van der Waals surface area contributed by atoms with Crippen molar-refractivity contribution in [2.75, 3.05) is 0 Å². The van der Waals surface area contributed by atoms with Gasteiger partial charge in [-0.3, -0.25) is 0 Å². The molecule has 8 atom stereocenters. The molecule has 0 aliphatic heterocycles. The van der Waals surface area contributed by atoms with Crippen LogP contribution in [0.15, 0.2) is 170 Å². The van der Waals surface area contributed by atoms with Crippen molar-refractivity contribution in [3.8, 4) is 84.7 Å². The van der Waals surface area contributed by atoms with Crippen molar-refractivity contribution in [1.29, 1.82) is 5.26 Å². The molecule has 1 heterocycles. The van der Waals surface area contributed by atoms with Gasteiger partial charge in [0.1, 0.15) is 0 Å². The van der Waals surface area contributed by atoms with Gasteiger partial charge >= 0.3 is 0 Å². The molecule has 0 amide bonds. The van der Waals surface area contributed by atoms with E-state index in [0.717, 1.165) is 85.6 Å². The van der Waals surface area contributed by atoms with E-state index in [9.17, 15) is 5.26 Å². The van der Waals surface area contributed by atoms with Crippen LogP contribution in [-0.2, 0) is 10.8 Å². The zero-order valence-corrected chi connectivity index (χ0v) is 42.5. The van der Waals surface area contributed by atoms with Crippen LogP contribution in [0.4, 0.5) is 0 Å². The number of rotatable bonds is 9. The smallest absolute Gasteiger partial charge is 0.164 e. The fourth-order valence-corrected chi connectivity index (χ4v) is 15.1. The monoisotopic (exact) mass is 939 g/mol. The molecule has 4 bridgehead atoms. The Morgan fingerprint density at radius 3 is 1.31 bits per heavy atom. The molecule has 4 heteroatoms. The number of hydrogen-bond acceptors (Lipinski definition) is 4. The van der Waals surface area contributed by atoms with Gasteiger partial charge in [0.05, 0.1) is 11.6 Å². The average Bonchev–Trinajstić information content (AvgIpc) is 3.40. The second kappa shape index (κ2) is 18.9. The van der Waals surface area contributed by atoms with Crippen LogP contribution in [0.5, 0.6) is 0 Å². The van der Waals surface area contributed by atoms with Crippen LogP contribution in [0.2, 0.25) is 0 Å². The maximum absolute atomic E-state index is 9.71. The summed E-state index contributed by atoms with van der Waals surface area (Å²) in [5, 5.41) is 9.71. The van der Waals surface area contributed by atoms with Crippen LogP contribution in [0, 0.1) is 46.8 Å². The minimum absolute atomic E-state index is 0.235. The first-order valence-corrected chi connectivity index (χ1v) is 27.0. The van der Waals surface area contributed by atoms with Gasteiger partial charge in [0.15, 0.2) is 17.5 Å². The van der Waals surface area contributed by atoms with Crippen molar-refractivity contribution in [3.63, 3.8) is 0 Å². The largest absolute Gasteiger partial charge is 0.208 e. The van der Waals surface area contributed by atoms with Gasteiger partial charge in [-0.25, -0.2) is 15.0 Å². The first-order valence-electron chi connectivity index (χ1n) is 27.0. The molecule has 4 saturated carbocycles. The lowest BCUT2D eigenvalue weighted by atomic mass is 9.54. The van der Waals surface area contributed by atoms with Gasteiger partial charge < -0.3 is 0 Å². The summed E-state index contributed by atoms with van der Waals surface area (Å²) in [6.45, 7) is 9.87. The number of fused-ring (bicyclic) bond motifs is 4. The lowest BCUT2D eigenvalue weighted by Gasteiger charge is -2.50. The van der Waals surface area contributed by atoms with Crippen LogP contribution in [-0.4, -0.2) is 15.0 Å². The van der Waals surface area contributed by atoms with Crippen molar-refractivity contribution < 1.29 is 0 Å². The Hall–Kier alpha value is -6.96. The molecule has 0 saturated heterocycles. The van der Waals surface area contributed by atoms with Crippen LogP contribution < -0.4 is 0 Å². The summed E-state index contributed by atoms with van der Waals surface area (Å²) in [6.07, 6.45) is 13.3. The Morgan fingerprint density at radius 1 is 0.361 bits per heavy atom. The van der Waals surface area contributed by atoms with Gasteiger partial charge in [-0.2, -0.15) is 5.26 Å². The molecule has 0 spiro atoms. The summed E-state index contributed by atoms with van der Waals surface area (Å²) in [5.74, 6) is 6.67. The van der Waals surface area contributed by atoms with Gasteiger partial charge in [0, 0.05) is 16.7 Å². The lowest BCUT2D eigenvalue weighted by molar-refractivity contribution is 0.0779. The highest BCUT2D eigenvalue weighted by Crippen LogP contribution is 2.55. The number of nitriles is 1. The Bertz CT molecular complexity index is 3230. The Labute approximate surface area is 427 Å². The zero-order valence-electron chi connectivity index (χ0n) is 42.5. The van der Waals surface area contributed by atoms with Crippen molar-refractivity contribution >= 4 is 0 Å². The molecule has 4 unspecified atom stereocenters. The molecule has 4 nitrogen and oxygen atoms in total. The molecule has 0 N–H and O–H groups in total. The molecule has 7 aromatic carbocycles. The van der Waals surface area contributed by atoms with E-state index in [0.29, 0.717) is 28.5 Å². The second-order valence-corrected chi connectivity index (χ2v) is 23.3. The summed E-state index contributed by atoms with van der Waals surface area (Å²) in [5.41, 5.74) is 16.0. The highest BCUT2D eigenvalue weighted by Gasteiger charge is 2.46. The second-order valence-electron chi connectivity index (χ2n) is 23.3. The number of nitrogens with zero attached hydrogens (tertiary/aromatic N) is 4. The first kappa shape index (κ1) is 46.1. The van der Waals surface area contributed by atoms with Gasteiger partial charge in [0.2, 0.25) is 0 Å². The highest BCUT2D eigenvalue weighted by atomic mass is 15.0. The van der Waals surface area contributed by atoms with Gasteiger partial charge in [-0.05, 0) is 197 Å². The molecule has 4 aliphatic carbocycles. The quantitative estimate of drug-likeness (QED) is 0.145. The van der Waals surface area contributed by atoms with E-state index in [1.807, 2.05) is 30.3 Å². The van der Waals surface area contributed by atoms with E-state index < -0.39 is 0 Å². The van der Waals surface area contributed by atoms with E-state index in [1.54, 1.807) is 5.56 Å². The molecule has 8 aromatic rings. The molecular formula is C68H66N4. The standard InChI is InChI=1S/C68H66N4/c1-44-31-49-32-45(2)38-67(37-44,41-49)60-26-21-53(22-27-60)52-17-19-54(20-18-52)57-11-8-12-59(35-57)65-70-64(56-23-28-61(29-24-56)68-39-46(3)33-50(42-68)34-47(4)40-68)71-66(72-65)62-30-25-58(51-9-6-5-7-10-51)36-63(62)55-15-13-48(43-69)14-16-55/h5-30,35-36,44-47,49-50H,31-34,37-42H2,1-4H3/t44-,45+,46-,47+,49?,50?,67?,68?. The maximum Gasteiger partial charge on any atom is 0.164 e. The van der Waals surface area contributed by atoms with Crippen LogP contribution in [0.25, 0.3) is 78.7 Å². The summed E-state index contributed by atoms with van der Waals surface area (Å²) < 4.78 is 0. The Kier molecular flexibility index (Phi) is 12.1. The van der Waals surface area contributed by atoms with E-state index in [-0.39, 0.29) is 5.41 Å². The van der Waals surface area contributed by atoms with Crippen molar-refractivity contribution in [1.82, 2.24) is 15.0 Å². The Morgan fingerprint density at radius 2 is 0.764 bits per heavy atom. The summed E-state index contributed by atoms with van der Waals surface area (Å²) in [7, 11) is 0. The van der Waals surface area contributed by atoms with Gasteiger partial charge in [-0.1, -0.05) is 167 Å². The summed E-state index contributed by atoms with van der Waals surface area (Å²) in [4.78, 5) is 16.0. The van der Waals surface area contributed by atoms with Gasteiger partial charge in [0.25, 0.3) is 0 Å². The minimum Gasteiger partial charge on any atom is -0.208 e. The fraction of sp³-hybridized carbons (Fsp3) is 0.324. The maximum atomic E-state index is 9.71. The third kappa shape index (κ3) is 9.02. The molecule has 4 fully saturated rings. The van der Waals surface area contributed by atoms with E-state index in [2.05, 4.69) is 173 Å². The SMILES string of the molecule is C[C@@H]1CC2C[C@H](C)CC(c3ccc(-c4ccc(-c5cccc(-c6nc(-c7ccc(C89CC(C[C@@H](C)C8)C[C@H](C)C9)cc7)nc(-c7ccc(-c8ccccc8)cc7-c7ccc(C#N)cc7)n6)c5)cc4)cc3)(C2)C1. The first-order chi connectivity index (χ1) is 35.1. The average molecular weight is 939 g/mol. The van der Waals surface area contributed by atoms with Crippen LogP contribution in [0.3, 0.4) is 0 Å². The van der Waals surface area contributed by atoms with Crippen LogP contribution in [0.1, 0.15) is 109 Å². The van der Waals surface area contributed by atoms with E-state index in [4.69, 9.17) is 15.0 Å². The van der Waals surface area contributed by atoms with E-state index >= 15 is 0 Å². The number of hydrogen-bond donors (Lipinski definition) is 0. The molecule has 1 aromatic heterocycles. The Balaban J connectivity index is 0.910. The molecular weight excluding hydrogens is 873 g/mol. The normalized spacial score (nSPS) is 25.6. The topological polar surface area (TPSA) is 62.5 Å². The predicted molar refractivity (Wildman–Crippen MR) is 296 cm³/mol. The molecule has 12 rings (SSSR count). The number of aromatic nitrogens is 3. The van der Waals surface area contributed by atoms with Crippen molar-refractivity contribution in [2.45, 2.75) is 103 Å². The minimum atomic E-state index is 0.235. The third-order valence-electron chi connectivity index (χ3n) is 17.5. The molecule has 4 aliphatic rings. The van der Waals surface area contributed by atoms with Gasteiger partial charge in [-0.15, -0.1) is 0 Å². The zero-order chi connectivity index (χ0) is 49.0. The fourth-order valence-electron chi connectivity index (χ4n) is 15.1. The summed E-state index contributed by atoms with van der Waals surface area (Å²) in [6, 6.07) is 63.7. The molecule has 72 heavy (non-hydrogen) atoms.